The van der Waals surface area contributed by atoms with Crippen LogP contribution in [0.15, 0.2) is 24.3 Å². The van der Waals surface area contributed by atoms with Crippen LogP contribution in [0.4, 0.5) is 0 Å². The van der Waals surface area contributed by atoms with E-state index in [9.17, 15) is 4.79 Å². The van der Waals surface area contributed by atoms with Gasteiger partial charge >= 0.3 is 0 Å². The molecule has 1 aliphatic heterocycles. The maximum absolute atomic E-state index is 13.0. The monoisotopic (exact) mass is 445 g/mol. The lowest BCUT2D eigenvalue weighted by atomic mass is 9.83. The van der Waals surface area contributed by atoms with E-state index in [-0.39, 0.29) is 42.9 Å². The molecule has 2 fully saturated rings. The summed E-state index contributed by atoms with van der Waals surface area (Å²) in [5.74, 6) is 0.386. The number of piperazine rings is 1. The van der Waals surface area contributed by atoms with Crippen molar-refractivity contribution in [3.8, 4) is 0 Å². The number of nitrogens with two attached hydrogens (primary N) is 1. The summed E-state index contributed by atoms with van der Waals surface area (Å²) in [6, 6.07) is 8.76. The van der Waals surface area contributed by atoms with E-state index in [4.69, 9.17) is 10.5 Å². The van der Waals surface area contributed by atoms with Gasteiger partial charge in [0.2, 0.25) is 5.91 Å². The largest absolute Gasteiger partial charge is 0.377 e. The number of amides is 1. The van der Waals surface area contributed by atoms with Gasteiger partial charge in [-0.05, 0) is 38.2 Å². The van der Waals surface area contributed by atoms with Gasteiger partial charge in [-0.3, -0.25) is 9.69 Å². The lowest BCUT2D eigenvalue weighted by Gasteiger charge is -2.39. The van der Waals surface area contributed by atoms with Crippen molar-refractivity contribution in [2.24, 2.45) is 11.7 Å². The van der Waals surface area contributed by atoms with E-state index < -0.39 is 0 Å². The number of aryl methyl sites for hydroxylation is 1. The molecule has 0 bridgehead atoms. The highest BCUT2D eigenvalue weighted by atomic mass is 35.5. The van der Waals surface area contributed by atoms with Gasteiger partial charge in [0.05, 0.1) is 6.10 Å². The molecule has 1 amide bonds. The Morgan fingerprint density at radius 3 is 2.55 bits per heavy atom. The molecule has 29 heavy (non-hydrogen) atoms. The summed E-state index contributed by atoms with van der Waals surface area (Å²) in [6.45, 7) is 9.48. The first-order valence-corrected chi connectivity index (χ1v) is 10.5. The van der Waals surface area contributed by atoms with E-state index in [1.165, 1.54) is 11.1 Å². The Kier molecular flexibility index (Phi) is 11.5. The molecule has 1 saturated heterocycles. The molecule has 1 saturated carbocycles. The van der Waals surface area contributed by atoms with Gasteiger partial charge in [-0.25, -0.2) is 0 Å². The first-order chi connectivity index (χ1) is 13.1. The van der Waals surface area contributed by atoms with Gasteiger partial charge in [-0.1, -0.05) is 36.8 Å². The van der Waals surface area contributed by atoms with Crippen molar-refractivity contribution >= 4 is 30.7 Å². The second-order valence-corrected chi connectivity index (χ2v) is 8.17. The molecule has 7 heteroatoms. The third-order valence-corrected chi connectivity index (χ3v) is 5.90. The van der Waals surface area contributed by atoms with Gasteiger partial charge in [0.15, 0.2) is 0 Å². The molecule has 3 rings (SSSR count). The van der Waals surface area contributed by atoms with Crippen LogP contribution < -0.4 is 5.73 Å². The van der Waals surface area contributed by atoms with Crippen LogP contribution in [0.1, 0.15) is 43.7 Å². The van der Waals surface area contributed by atoms with Crippen LogP contribution in [0.2, 0.25) is 0 Å². The van der Waals surface area contributed by atoms with Crippen LogP contribution in [0.5, 0.6) is 0 Å². The SMILES string of the molecule is CCCO[C@@H]1C[C@@H](C(=O)N2CCN(Cc3cccc(C)c3)CC2)CC[C@H]1N.Cl.Cl. The van der Waals surface area contributed by atoms with E-state index >= 15 is 0 Å². The van der Waals surface area contributed by atoms with Crippen molar-refractivity contribution in [2.45, 2.75) is 58.2 Å². The van der Waals surface area contributed by atoms with Gasteiger partial charge in [0, 0.05) is 51.3 Å². The van der Waals surface area contributed by atoms with Crippen LogP contribution in [-0.4, -0.2) is 60.6 Å². The molecule has 0 spiro atoms. The van der Waals surface area contributed by atoms with E-state index in [2.05, 4.69) is 47.9 Å². The summed E-state index contributed by atoms with van der Waals surface area (Å²) in [4.78, 5) is 17.5. The van der Waals surface area contributed by atoms with Gasteiger partial charge in [-0.2, -0.15) is 0 Å². The number of carbonyl (C=O) groups is 1. The van der Waals surface area contributed by atoms with Crippen LogP contribution in [0.3, 0.4) is 0 Å². The number of halogens is 2. The van der Waals surface area contributed by atoms with Crippen LogP contribution >= 0.6 is 24.8 Å². The lowest BCUT2D eigenvalue weighted by molar-refractivity contribution is -0.140. The Bertz CT molecular complexity index is 624. The molecule has 5 nitrogen and oxygen atoms in total. The van der Waals surface area contributed by atoms with Crippen molar-refractivity contribution in [2.75, 3.05) is 32.8 Å². The Morgan fingerprint density at radius 2 is 1.90 bits per heavy atom. The zero-order valence-electron chi connectivity index (χ0n) is 17.7. The summed E-state index contributed by atoms with van der Waals surface area (Å²) in [6.07, 6.45) is 3.59. The van der Waals surface area contributed by atoms with Crippen LogP contribution in [-0.2, 0) is 16.1 Å². The molecule has 1 aromatic rings. The predicted molar refractivity (Wildman–Crippen MR) is 123 cm³/mol. The molecule has 1 heterocycles. The Hall–Kier alpha value is -0.850. The molecule has 0 radical (unpaired) electrons. The van der Waals surface area contributed by atoms with Crippen molar-refractivity contribution in [3.63, 3.8) is 0 Å². The summed E-state index contributed by atoms with van der Waals surface area (Å²) in [5, 5.41) is 0. The number of benzene rings is 1. The number of hydrogen-bond donors (Lipinski definition) is 1. The molecule has 1 aliphatic carbocycles. The number of hydrogen-bond acceptors (Lipinski definition) is 4. The highest BCUT2D eigenvalue weighted by molar-refractivity contribution is 5.85. The third kappa shape index (κ3) is 7.41. The van der Waals surface area contributed by atoms with Gasteiger partial charge < -0.3 is 15.4 Å². The number of rotatable bonds is 6. The number of ether oxygens (including phenoxy) is 1. The standard InChI is InChI=1S/C22H35N3O2.2ClH/c1-3-13-27-21-15-19(7-8-20(21)23)22(26)25-11-9-24(10-12-25)16-18-6-4-5-17(2)14-18;;/h4-6,14,19-21H,3,7-13,15-16,23H2,1-2H3;2*1H/t19-,20+,21+;;/m0../s1. The number of carbonyl (C=O) groups excluding carboxylic acids is 1. The molecule has 1 aromatic carbocycles. The van der Waals surface area contributed by atoms with Gasteiger partial charge in [0.1, 0.15) is 0 Å². The molecule has 0 unspecified atom stereocenters. The summed E-state index contributed by atoms with van der Waals surface area (Å²) in [7, 11) is 0. The summed E-state index contributed by atoms with van der Waals surface area (Å²) in [5.41, 5.74) is 8.86. The lowest BCUT2D eigenvalue weighted by Crippen LogP contribution is -2.52. The maximum atomic E-state index is 13.0. The first kappa shape index (κ1) is 26.2. The van der Waals surface area contributed by atoms with Crippen molar-refractivity contribution in [3.05, 3.63) is 35.4 Å². The summed E-state index contributed by atoms with van der Waals surface area (Å²) >= 11 is 0. The van der Waals surface area contributed by atoms with Crippen LogP contribution in [0, 0.1) is 12.8 Å². The molecular weight excluding hydrogens is 409 g/mol. The molecule has 2 aliphatic rings. The fourth-order valence-corrected chi connectivity index (χ4v) is 4.29. The minimum Gasteiger partial charge on any atom is -0.377 e. The van der Waals surface area contributed by atoms with E-state index in [0.717, 1.165) is 65.0 Å². The minimum atomic E-state index is 0. The Balaban J connectivity index is 0.00000210. The second kappa shape index (κ2) is 12.8. The molecular formula is C22H37Cl2N3O2. The Labute approximate surface area is 188 Å². The molecule has 166 valence electrons. The summed E-state index contributed by atoms with van der Waals surface area (Å²) < 4.78 is 5.90. The first-order valence-electron chi connectivity index (χ1n) is 10.5. The van der Waals surface area contributed by atoms with Crippen molar-refractivity contribution < 1.29 is 9.53 Å². The average Bonchev–Trinajstić information content (AvgIpc) is 2.67. The van der Waals surface area contributed by atoms with Crippen molar-refractivity contribution in [1.29, 1.82) is 0 Å². The minimum absolute atomic E-state index is 0. The average molecular weight is 446 g/mol. The van der Waals surface area contributed by atoms with E-state index in [0.29, 0.717) is 5.91 Å². The quantitative estimate of drug-likeness (QED) is 0.728. The van der Waals surface area contributed by atoms with Gasteiger partial charge in [-0.15, -0.1) is 24.8 Å². The molecule has 2 N–H and O–H groups in total. The Morgan fingerprint density at radius 1 is 1.17 bits per heavy atom. The second-order valence-electron chi connectivity index (χ2n) is 8.17. The third-order valence-electron chi connectivity index (χ3n) is 5.90. The topological polar surface area (TPSA) is 58.8 Å². The fourth-order valence-electron chi connectivity index (χ4n) is 4.29. The normalized spacial score (nSPS) is 25.1. The van der Waals surface area contributed by atoms with Gasteiger partial charge in [0.25, 0.3) is 0 Å². The molecule has 0 aromatic heterocycles. The smallest absolute Gasteiger partial charge is 0.225 e. The van der Waals surface area contributed by atoms with Crippen LogP contribution in [0.25, 0.3) is 0 Å². The van der Waals surface area contributed by atoms with E-state index in [1.807, 2.05) is 0 Å². The zero-order chi connectivity index (χ0) is 19.2. The number of nitrogens with zero attached hydrogens (tertiary/aromatic N) is 2. The maximum Gasteiger partial charge on any atom is 0.225 e. The van der Waals surface area contributed by atoms with E-state index in [1.54, 1.807) is 0 Å². The predicted octanol–water partition coefficient (Wildman–Crippen LogP) is 3.41. The van der Waals surface area contributed by atoms with Crippen molar-refractivity contribution in [1.82, 2.24) is 9.80 Å². The highest BCUT2D eigenvalue weighted by Gasteiger charge is 2.35. The molecule has 3 atom stereocenters. The highest BCUT2D eigenvalue weighted by Crippen LogP contribution is 2.28. The fraction of sp³-hybridized carbons (Fsp3) is 0.682. The zero-order valence-corrected chi connectivity index (χ0v) is 19.4.